The first kappa shape index (κ1) is 17.3. The van der Waals surface area contributed by atoms with E-state index in [9.17, 15) is 14.7 Å². The maximum atomic E-state index is 11.9. The normalized spacial score (nSPS) is 16.3. The molecule has 1 fully saturated rings. The average molecular weight is 320 g/mol. The van der Waals surface area contributed by atoms with Crippen LogP contribution in [0.2, 0.25) is 0 Å². The van der Waals surface area contributed by atoms with Gasteiger partial charge in [-0.3, -0.25) is 4.79 Å². The molecular formula is C17H24N2O4. The highest BCUT2D eigenvalue weighted by atomic mass is 16.5. The molecular weight excluding hydrogens is 296 g/mol. The lowest BCUT2D eigenvalue weighted by molar-refractivity contribution is -0.130. The zero-order chi connectivity index (χ0) is 16.7. The second kappa shape index (κ2) is 8.53. The lowest BCUT2D eigenvalue weighted by Gasteiger charge is -2.23. The molecule has 1 aliphatic carbocycles. The molecule has 0 radical (unpaired) electrons. The molecule has 2 atom stereocenters. The molecule has 2 rings (SSSR count). The molecule has 1 saturated carbocycles. The van der Waals surface area contributed by atoms with Gasteiger partial charge in [-0.2, -0.15) is 0 Å². The second-order valence-corrected chi connectivity index (χ2v) is 5.83. The quantitative estimate of drug-likeness (QED) is 0.680. The minimum Gasteiger partial charge on any atom is -0.445 e. The number of carbonyl (C=O) groups excluding carboxylic acids is 2. The van der Waals surface area contributed by atoms with Crippen molar-refractivity contribution in [3.8, 4) is 0 Å². The summed E-state index contributed by atoms with van der Waals surface area (Å²) >= 11 is 0. The molecule has 6 heteroatoms. The van der Waals surface area contributed by atoms with Crippen LogP contribution in [0, 0.1) is 0 Å². The molecule has 0 aromatic heterocycles. The highest BCUT2D eigenvalue weighted by Crippen LogP contribution is 2.19. The van der Waals surface area contributed by atoms with Gasteiger partial charge in [0.1, 0.15) is 6.61 Å². The molecule has 1 aromatic carbocycles. The van der Waals surface area contributed by atoms with E-state index in [1.54, 1.807) is 0 Å². The van der Waals surface area contributed by atoms with Crippen LogP contribution in [0.25, 0.3) is 0 Å². The summed E-state index contributed by atoms with van der Waals surface area (Å²) in [7, 11) is 0. The van der Waals surface area contributed by atoms with Crippen molar-refractivity contribution in [1.29, 1.82) is 0 Å². The van der Waals surface area contributed by atoms with E-state index < -0.39 is 24.1 Å². The van der Waals surface area contributed by atoms with Gasteiger partial charge in [-0.15, -0.1) is 0 Å². The number of carbonyl (C=O) groups is 2. The minimum atomic E-state index is -1.26. The Bertz CT molecular complexity index is 517. The fraction of sp³-hybridized carbons (Fsp3) is 0.529. The first-order valence-corrected chi connectivity index (χ1v) is 8.05. The van der Waals surface area contributed by atoms with Gasteiger partial charge in [0.25, 0.3) is 5.91 Å². The predicted octanol–water partition coefficient (Wildman–Crippen LogP) is 1.72. The lowest BCUT2D eigenvalue weighted by Crippen LogP contribution is -2.51. The largest absolute Gasteiger partial charge is 0.445 e. The first-order chi connectivity index (χ1) is 11.1. The molecule has 0 unspecified atom stereocenters. The lowest BCUT2D eigenvalue weighted by atomic mass is 10.1. The second-order valence-electron chi connectivity index (χ2n) is 5.83. The van der Waals surface area contributed by atoms with E-state index in [0.29, 0.717) is 6.42 Å². The molecule has 0 spiro atoms. The van der Waals surface area contributed by atoms with Gasteiger partial charge in [0.2, 0.25) is 0 Å². The number of amides is 2. The Balaban J connectivity index is 1.81. The molecule has 1 aromatic rings. The van der Waals surface area contributed by atoms with Gasteiger partial charge in [0, 0.05) is 6.04 Å². The molecule has 126 valence electrons. The van der Waals surface area contributed by atoms with Crippen molar-refractivity contribution in [1.82, 2.24) is 10.6 Å². The van der Waals surface area contributed by atoms with Gasteiger partial charge in [-0.25, -0.2) is 4.79 Å². The number of aliphatic hydroxyl groups is 1. The third-order valence-corrected chi connectivity index (χ3v) is 3.69. The number of hydrogen-bond donors (Lipinski definition) is 3. The van der Waals surface area contributed by atoms with Gasteiger partial charge in [0.05, 0.1) is 6.04 Å². The van der Waals surface area contributed by atoms with Crippen LogP contribution < -0.4 is 10.6 Å². The number of hydrogen-bond acceptors (Lipinski definition) is 4. The van der Waals surface area contributed by atoms with Crippen LogP contribution in [0.3, 0.4) is 0 Å². The van der Waals surface area contributed by atoms with E-state index in [1.165, 1.54) is 0 Å². The summed E-state index contributed by atoms with van der Waals surface area (Å²) in [5.41, 5.74) is 0.877. The van der Waals surface area contributed by atoms with Crippen LogP contribution in [-0.2, 0) is 16.1 Å². The van der Waals surface area contributed by atoms with Crippen molar-refractivity contribution in [3.63, 3.8) is 0 Å². The SMILES string of the molecule is CCC[C@H](NC(=O)OCc1ccccc1)[C@@H](O)C(=O)NC1CC1. The number of benzene rings is 1. The van der Waals surface area contributed by atoms with Crippen molar-refractivity contribution in [2.24, 2.45) is 0 Å². The topological polar surface area (TPSA) is 87.7 Å². The van der Waals surface area contributed by atoms with Crippen LogP contribution >= 0.6 is 0 Å². The number of nitrogens with one attached hydrogen (secondary N) is 2. The summed E-state index contributed by atoms with van der Waals surface area (Å²) < 4.78 is 5.14. The zero-order valence-electron chi connectivity index (χ0n) is 13.3. The number of aliphatic hydroxyl groups excluding tert-OH is 1. The Morgan fingerprint density at radius 3 is 2.61 bits per heavy atom. The molecule has 3 N–H and O–H groups in total. The maximum absolute atomic E-state index is 11.9. The van der Waals surface area contributed by atoms with Crippen LogP contribution in [0.5, 0.6) is 0 Å². The van der Waals surface area contributed by atoms with E-state index in [0.717, 1.165) is 24.8 Å². The van der Waals surface area contributed by atoms with Gasteiger partial charge >= 0.3 is 6.09 Å². The van der Waals surface area contributed by atoms with Crippen LogP contribution in [-0.4, -0.2) is 35.3 Å². The van der Waals surface area contributed by atoms with Gasteiger partial charge in [-0.05, 0) is 24.8 Å². The fourth-order valence-corrected chi connectivity index (χ4v) is 2.23. The van der Waals surface area contributed by atoms with E-state index in [2.05, 4.69) is 10.6 Å². The first-order valence-electron chi connectivity index (χ1n) is 8.05. The van der Waals surface area contributed by atoms with Crippen molar-refractivity contribution in [2.45, 2.75) is 57.4 Å². The Labute approximate surface area is 136 Å². The molecule has 6 nitrogen and oxygen atoms in total. The van der Waals surface area contributed by atoms with E-state index in [1.807, 2.05) is 37.3 Å². The van der Waals surface area contributed by atoms with E-state index in [-0.39, 0.29) is 12.6 Å². The molecule has 2 amide bonds. The van der Waals surface area contributed by atoms with Crippen molar-refractivity contribution in [2.75, 3.05) is 0 Å². The molecule has 0 saturated heterocycles. The number of alkyl carbamates (subject to hydrolysis) is 1. The standard InChI is InChI=1S/C17H24N2O4/c1-2-6-14(15(20)16(21)18-13-9-10-13)19-17(22)23-11-12-7-4-3-5-8-12/h3-5,7-8,13-15,20H,2,6,9-11H2,1H3,(H,18,21)(H,19,22)/t14-,15+/m0/s1. The highest BCUT2D eigenvalue weighted by Gasteiger charge is 2.31. The van der Waals surface area contributed by atoms with Crippen molar-refractivity contribution < 1.29 is 19.4 Å². The van der Waals surface area contributed by atoms with E-state index >= 15 is 0 Å². The zero-order valence-corrected chi connectivity index (χ0v) is 13.3. The third kappa shape index (κ3) is 5.90. The Morgan fingerprint density at radius 2 is 2.00 bits per heavy atom. The Hall–Kier alpha value is -2.08. The summed E-state index contributed by atoms with van der Waals surface area (Å²) in [4.78, 5) is 23.8. The van der Waals surface area contributed by atoms with Gasteiger partial charge in [0.15, 0.2) is 6.10 Å². The monoisotopic (exact) mass is 320 g/mol. The van der Waals surface area contributed by atoms with Crippen LogP contribution in [0.1, 0.15) is 38.2 Å². The fourth-order valence-electron chi connectivity index (χ4n) is 2.23. The van der Waals surface area contributed by atoms with E-state index in [4.69, 9.17) is 4.74 Å². The Morgan fingerprint density at radius 1 is 1.30 bits per heavy atom. The summed E-state index contributed by atoms with van der Waals surface area (Å²) in [6.45, 7) is 2.07. The van der Waals surface area contributed by atoms with Crippen LogP contribution in [0.4, 0.5) is 4.79 Å². The van der Waals surface area contributed by atoms with Gasteiger partial charge in [-0.1, -0.05) is 43.7 Å². The highest BCUT2D eigenvalue weighted by molar-refractivity contribution is 5.82. The summed E-state index contributed by atoms with van der Waals surface area (Å²) in [6.07, 6.45) is 1.23. The maximum Gasteiger partial charge on any atom is 0.407 e. The average Bonchev–Trinajstić information content (AvgIpc) is 3.36. The molecule has 1 aliphatic rings. The summed E-state index contributed by atoms with van der Waals surface area (Å²) in [5, 5.41) is 15.5. The predicted molar refractivity (Wildman–Crippen MR) is 85.6 cm³/mol. The van der Waals surface area contributed by atoms with Crippen molar-refractivity contribution in [3.05, 3.63) is 35.9 Å². The summed E-state index contributed by atoms with van der Waals surface area (Å²) in [5.74, 6) is -0.436. The Kier molecular flexibility index (Phi) is 6.40. The van der Waals surface area contributed by atoms with Crippen molar-refractivity contribution >= 4 is 12.0 Å². The molecule has 0 aliphatic heterocycles. The minimum absolute atomic E-state index is 0.149. The smallest absolute Gasteiger partial charge is 0.407 e. The van der Waals surface area contributed by atoms with Gasteiger partial charge < -0.3 is 20.5 Å². The number of ether oxygens (including phenoxy) is 1. The molecule has 0 heterocycles. The molecule has 23 heavy (non-hydrogen) atoms. The summed E-state index contributed by atoms with van der Waals surface area (Å²) in [6, 6.07) is 8.84. The third-order valence-electron chi connectivity index (χ3n) is 3.69. The van der Waals surface area contributed by atoms with Crippen LogP contribution in [0.15, 0.2) is 30.3 Å². The number of rotatable bonds is 8. The molecule has 0 bridgehead atoms.